The molecule has 1 amide bonds. The number of nitro groups is 2. The van der Waals surface area contributed by atoms with E-state index in [0.717, 1.165) is 5.56 Å². The molecule has 11 nitrogen and oxygen atoms in total. The molecule has 0 aliphatic heterocycles. The molecule has 0 bridgehead atoms. The van der Waals surface area contributed by atoms with E-state index in [0.29, 0.717) is 22.4 Å². The normalized spacial score (nSPS) is 11.6. The second kappa shape index (κ2) is 10.8. The average molecular weight is 505 g/mol. The number of hydrogen-bond acceptors (Lipinski definition) is 8. The van der Waals surface area contributed by atoms with Crippen LogP contribution in [0.3, 0.4) is 0 Å². The molecule has 0 unspecified atom stereocenters. The summed E-state index contributed by atoms with van der Waals surface area (Å²) in [5.74, 6) is 0.501. The Balaban J connectivity index is 1.64. The van der Waals surface area contributed by atoms with Gasteiger partial charge in [0.2, 0.25) is 0 Å². The summed E-state index contributed by atoms with van der Waals surface area (Å²) in [6.07, 6.45) is 0. The largest absolute Gasteiger partial charge is 0.342 e. The molecule has 0 aliphatic carbocycles. The third-order valence-corrected chi connectivity index (χ3v) is 6.24. The van der Waals surface area contributed by atoms with Gasteiger partial charge in [0.15, 0.2) is 11.0 Å². The molecule has 0 spiro atoms. The Morgan fingerprint density at radius 1 is 0.944 bits per heavy atom. The first-order valence-electron chi connectivity index (χ1n) is 10.8. The molecule has 0 radical (unpaired) electrons. The molecular weight excluding hydrogens is 484 g/mol. The summed E-state index contributed by atoms with van der Waals surface area (Å²) in [5.41, 5.74) is 1.56. The van der Waals surface area contributed by atoms with Crippen molar-refractivity contribution in [2.45, 2.75) is 23.9 Å². The number of nitrogens with zero attached hydrogens (tertiary/aromatic N) is 5. The lowest BCUT2D eigenvalue weighted by molar-refractivity contribution is -0.385. The van der Waals surface area contributed by atoms with Crippen molar-refractivity contribution >= 4 is 29.0 Å². The number of aromatic nitrogens is 3. The van der Waals surface area contributed by atoms with E-state index < -0.39 is 21.8 Å². The van der Waals surface area contributed by atoms with E-state index in [1.165, 1.54) is 48.2 Å². The van der Waals surface area contributed by atoms with E-state index in [4.69, 9.17) is 0 Å². The lowest BCUT2D eigenvalue weighted by Gasteiger charge is -2.16. The molecule has 4 aromatic rings. The fraction of sp³-hybridized carbons (Fsp3) is 0.125. The first-order chi connectivity index (χ1) is 17.3. The molecule has 0 saturated heterocycles. The quantitative estimate of drug-likeness (QED) is 0.193. The summed E-state index contributed by atoms with van der Waals surface area (Å²) in [6.45, 7) is 1.72. The zero-order valence-corrected chi connectivity index (χ0v) is 19.8. The second-order valence-corrected chi connectivity index (χ2v) is 8.67. The van der Waals surface area contributed by atoms with Gasteiger partial charge in [-0.05, 0) is 30.7 Å². The summed E-state index contributed by atoms with van der Waals surface area (Å²) in [4.78, 5) is 33.9. The first-order valence-corrected chi connectivity index (χ1v) is 11.7. The van der Waals surface area contributed by atoms with Crippen molar-refractivity contribution < 1.29 is 14.6 Å². The van der Waals surface area contributed by atoms with Crippen LogP contribution < -0.4 is 5.32 Å². The zero-order chi connectivity index (χ0) is 25.7. The summed E-state index contributed by atoms with van der Waals surface area (Å²) in [7, 11) is 0. The summed E-state index contributed by atoms with van der Waals surface area (Å²) >= 11 is 1.43. The summed E-state index contributed by atoms with van der Waals surface area (Å²) in [6, 6.07) is 20.5. The van der Waals surface area contributed by atoms with Crippen LogP contribution in [0, 0.1) is 20.2 Å². The molecule has 182 valence electrons. The van der Waals surface area contributed by atoms with Gasteiger partial charge < -0.3 is 5.32 Å². The van der Waals surface area contributed by atoms with Crippen molar-refractivity contribution in [3.05, 3.63) is 116 Å². The highest BCUT2D eigenvalue weighted by molar-refractivity contribution is 7.98. The molecular formula is C24H20N6O5S. The van der Waals surface area contributed by atoms with Gasteiger partial charge in [0.05, 0.1) is 15.9 Å². The van der Waals surface area contributed by atoms with E-state index in [9.17, 15) is 25.0 Å². The van der Waals surface area contributed by atoms with Crippen LogP contribution in [-0.2, 0) is 5.75 Å². The van der Waals surface area contributed by atoms with Crippen molar-refractivity contribution in [3.63, 3.8) is 0 Å². The number of carbonyl (C=O) groups excluding carboxylic acids is 1. The molecule has 0 fully saturated rings. The highest BCUT2D eigenvalue weighted by Crippen LogP contribution is 2.28. The molecule has 36 heavy (non-hydrogen) atoms. The van der Waals surface area contributed by atoms with Crippen LogP contribution in [0.4, 0.5) is 11.4 Å². The minimum absolute atomic E-state index is 0.0566. The number of nitrogens with one attached hydrogen (secondary N) is 1. The smallest absolute Gasteiger partial charge is 0.270 e. The predicted octanol–water partition coefficient (Wildman–Crippen LogP) is 4.87. The molecule has 0 saturated carbocycles. The number of amides is 1. The molecule has 1 aromatic heterocycles. The molecule has 3 aromatic carbocycles. The zero-order valence-electron chi connectivity index (χ0n) is 19.0. The number of non-ortho nitro benzene ring substituents is 2. The minimum atomic E-state index is -0.634. The molecule has 1 N–H and O–H groups in total. The van der Waals surface area contributed by atoms with Gasteiger partial charge in [-0.25, -0.2) is 0 Å². The van der Waals surface area contributed by atoms with Gasteiger partial charge in [-0.3, -0.25) is 29.6 Å². The van der Waals surface area contributed by atoms with Crippen LogP contribution in [0.5, 0.6) is 0 Å². The Morgan fingerprint density at radius 3 is 2.31 bits per heavy atom. The van der Waals surface area contributed by atoms with Gasteiger partial charge >= 0.3 is 0 Å². The van der Waals surface area contributed by atoms with Gasteiger partial charge in [0.25, 0.3) is 17.3 Å². The summed E-state index contributed by atoms with van der Waals surface area (Å²) < 4.78 is 1.73. The second-order valence-electron chi connectivity index (χ2n) is 7.73. The summed E-state index contributed by atoms with van der Waals surface area (Å²) in [5, 5.41) is 34.1. The van der Waals surface area contributed by atoms with Crippen molar-refractivity contribution in [1.29, 1.82) is 0 Å². The van der Waals surface area contributed by atoms with Gasteiger partial charge in [0.1, 0.15) is 0 Å². The van der Waals surface area contributed by atoms with Crippen molar-refractivity contribution in [3.8, 4) is 5.69 Å². The number of thioether (sulfide) groups is 1. The monoisotopic (exact) mass is 504 g/mol. The van der Waals surface area contributed by atoms with Gasteiger partial charge in [0, 0.05) is 41.3 Å². The van der Waals surface area contributed by atoms with Gasteiger partial charge in [-0.1, -0.05) is 48.2 Å². The van der Waals surface area contributed by atoms with Crippen molar-refractivity contribution in [2.75, 3.05) is 0 Å². The third-order valence-electron chi connectivity index (χ3n) is 5.24. The van der Waals surface area contributed by atoms with E-state index in [1.807, 2.05) is 30.3 Å². The number of rotatable bonds is 9. The SMILES string of the molecule is C[C@@H](NC(=O)c1cccc([N+](=O)[O-])c1)c1nnc(SCc2ccccc2)n1-c1ccc([N+](=O)[O-])cc1. The lowest BCUT2D eigenvalue weighted by Crippen LogP contribution is -2.28. The Bertz CT molecular complexity index is 1410. The molecule has 1 heterocycles. The standard InChI is InChI=1S/C24H20N6O5S/c1-16(25-23(31)18-8-5-9-21(14-18)30(34)35)22-26-27-24(36-15-17-6-3-2-4-7-17)28(22)19-10-12-20(13-11-19)29(32)33/h2-14,16H,15H2,1H3,(H,25,31)/t16-/m1/s1. The maximum absolute atomic E-state index is 12.8. The van der Waals surface area contributed by atoms with Crippen LogP contribution in [0.25, 0.3) is 5.69 Å². The van der Waals surface area contributed by atoms with Crippen LogP contribution in [-0.4, -0.2) is 30.5 Å². The van der Waals surface area contributed by atoms with Crippen molar-refractivity contribution in [2.24, 2.45) is 0 Å². The molecule has 4 rings (SSSR count). The van der Waals surface area contributed by atoms with Crippen LogP contribution >= 0.6 is 11.8 Å². The Morgan fingerprint density at radius 2 is 1.64 bits per heavy atom. The van der Waals surface area contributed by atoms with E-state index in [-0.39, 0.29) is 16.9 Å². The predicted molar refractivity (Wildman–Crippen MR) is 133 cm³/mol. The molecule has 1 atom stereocenters. The molecule has 12 heteroatoms. The van der Waals surface area contributed by atoms with Crippen LogP contribution in [0.1, 0.15) is 34.7 Å². The number of benzene rings is 3. The van der Waals surface area contributed by atoms with Crippen LogP contribution in [0.2, 0.25) is 0 Å². The minimum Gasteiger partial charge on any atom is -0.342 e. The van der Waals surface area contributed by atoms with E-state index in [1.54, 1.807) is 23.6 Å². The van der Waals surface area contributed by atoms with E-state index >= 15 is 0 Å². The maximum atomic E-state index is 12.8. The van der Waals surface area contributed by atoms with Crippen molar-refractivity contribution in [1.82, 2.24) is 20.1 Å². The number of hydrogen-bond donors (Lipinski definition) is 1. The maximum Gasteiger partial charge on any atom is 0.270 e. The lowest BCUT2D eigenvalue weighted by atomic mass is 10.1. The highest BCUT2D eigenvalue weighted by Gasteiger charge is 2.23. The fourth-order valence-electron chi connectivity index (χ4n) is 3.45. The topological polar surface area (TPSA) is 146 Å². The van der Waals surface area contributed by atoms with Crippen LogP contribution in [0.15, 0.2) is 84.0 Å². The van der Waals surface area contributed by atoms with Gasteiger partial charge in [-0.15, -0.1) is 10.2 Å². The Kier molecular flexibility index (Phi) is 7.35. The average Bonchev–Trinajstić information content (AvgIpc) is 3.32. The number of nitro benzene ring substituents is 2. The van der Waals surface area contributed by atoms with E-state index in [2.05, 4.69) is 15.5 Å². The first kappa shape index (κ1) is 24.5. The number of carbonyl (C=O) groups is 1. The van der Waals surface area contributed by atoms with Gasteiger partial charge in [-0.2, -0.15) is 0 Å². The Hall–Kier alpha value is -4.58. The fourth-order valence-corrected chi connectivity index (χ4v) is 4.36. The third kappa shape index (κ3) is 5.55. The Labute approximate surface area is 209 Å². The molecule has 0 aliphatic rings. The highest BCUT2D eigenvalue weighted by atomic mass is 32.2.